The molecule has 5 heteroatoms. The second-order valence-electron chi connectivity index (χ2n) is 3.42. The summed E-state index contributed by atoms with van der Waals surface area (Å²) in [5.41, 5.74) is 0.855. The first kappa shape index (κ1) is 12.1. The smallest absolute Gasteiger partial charge is 0.200 e. The van der Waals surface area contributed by atoms with E-state index in [0.717, 1.165) is 12.1 Å². The third kappa shape index (κ3) is 2.35. The van der Waals surface area contributed by atoms with Crippen molar-refractivity contribution in [1.82, 2.24) is 0 Å². The van der Waals surface area contributed by atoms with E-state index in [-0.39, 0.29) is 0 Å². The first-order valence-electron chi connectivity index (χ1n) is 4.62. The molecule has 2 aromatic carbocycles. The summed E-state index contributed by atoms with van der Waals surface area (Å²) in [6.45, 7) is 0. The first-order valence-corrected chi connectivity index (χ1v) is 5.38. The van der Waals surface area contributed by atoms with Crippen LogP contribution >= 0.6 is 23.2 Å². The molecule has 0 unspecified atom stereocenters. The molecule has 2 aromatic rings. The molecule has 1 N–H and O–H groups in total. The van der Waals surface area contributed by atoms with Gasteiger partial charge in [-0.2, -0.15) is 4.39 Å². The molecule has 0 heterocycles. The maximum Gasteiger partial charge on any atom is 0.200 e. The van der Waals surface area contributed by atoms with Crippen LogP contribution in [0.4, 0.5) is 8.78 Å². The molecule has 0 saturated heterocycles. The van der Waals surface area contributed by atoms with Crippen molar-refractivity contribution in [2.75, 3.05) is 0 Å². The van der Waals surface area contributed by atoms with Gasteiger partial charge in [0.05, 0.1) is 10.0 Å². The molecule has 1 nitrogen and oxygen atoms in total. The lowest BCUT2D eigenvalue weighted by Gasteiger charge is -2.05. The van der Waals surface area contributed by atoms with Crippen LogP contribution in [-0.4, -0.2) is 5.11 Å². The average molecular weight is 275 g/mol. The number of halogens is 4. The van der Waals surface area contributed by atoms with Crippen LogP contribution in [0.5, 0.6) is 5.75 Å². The third-order valence-corrected chi connectivity index (χ3v) is 3.00. The highest BCUT2D eigenvalue weighted by atomic mass is 35.5. The zero-order valence-corrected chi connectivity index (χ0v) is 9.86. The molecule has 0 aliphatic carbocycles. The standard InChI is InChI=1S/C12H6Cl2F2O/c13-8-2-1-6(3-9(8)14)7-4-10(15)12(16)11(17)5-7/h1-5,17H. The molecule has 0 aliphatic rings. The Hall–Kier alpha value is -1.32. The molecule has 0 atom stereocenters. The molecule has 0 aliphatic heterocycles. The van der Waals surface area contributed by atoms with Crippen molar-refractivity contribution in [2.45, 2.75) is 0 Å². The number of aromatic hydroxyl groups is 1. The Bertz CT molecular complexity index is 562. The third-order valence-electron chi connectivity index (χ3n) is 2.26. The molecule has 17 heavy (non-hydrogen) atoms. The van der Waals surface area contributed by atoms with E-state index in [2.05, 4.69) is 0 Å². The molecular formula is C12H6Cl2F2O. The van der Waals surface area contributed by atoms with Crippen LogP contribution in [-0.2, 0) is 0 Å². The van der Waals surface area contributed by atoms with E-state index in [1.54, 1.807) is 6.07 Å². The summed E-state index contributed by atoms with van der Waals surface area (Å²) in [6.07, 6.45) is 0. The zero-order valence-electron chi connectivity index (χ0n) is 8.35. The van der Waals surface area contributed by atoms with Crippen LogP contribution in [0.2, 0.25) is 10.0 Å². The maximum atomic E-state index is 13.1. The van der Waals surface area contributed by atoms with Gasteiger partial charge in [-0.25, -0.2) is 4.39 Å². The van der Waals surface area contributed by atoms with Gasteiger partial charge in [0.1, 0.15) is 0 Å². The lowest BCUT2D eigenvalue weighted by molar-refractivity contribution is 0.407. The Morgan fingerprint density at radius 1 is 0.882 bits per heavy atom. The number of phenols is 1. The van der Waals surface area contributed by atoms with Gasteiger partial charge in [-0.3, -0.25) is 0 Å². The quantitative estimate of drug-likeness (QED) is 0.803. The molecule has 0 aromatic heterocycles. The molecule has 2 rings (SSSR count). The molecule has 0 bridgehead atoms. The van der Waals surface area contributed by atoms with Crippen molar-refractivity contribution in [3.8, 4) is 16.9 Å². The van der Waals surface area contributed by atoms with Gasteiger partial charge < -0.3 is 5.11 Å². The largest absolute Gasteiger partial charge is 0.505 e. The highest BCUT2D eigenvalue weighted by molar-refractivity contribution is 6.42. The van der Waals surface area contributed by atoms with E-state index in [1.807, 2.05) is 0 Å². The van der Waals surface area contributed by atoms with Gasteiger partial charge in [0, 0.05) is 0 Å². The second kappa shape index (κ2) is 4.51. The number of benzene rings is 2. The van der Waals surface area contributed by atoms with Crippen LogP contribution in [0, 0.1) is 11.6 Å². The van der Waals surface area contributed by atoms with E-state index in [1.165, 1.54) is 12.1 Å². The Morgan fingerprint density at radius 3 is 2.18 bits per heavy atom. The molecule has 0 amide bonds. The minimum absolute atomic E-state index is 0.299. The molecule has 0 spiro atoms. The van der Waals surface area contributed by atoms with Gasteiger partial charge in [0.25, 0.3) is 0 Å². The normalized spacial score (nSPS) is 10.6. The van der Waals surface area contributed by atoms with E-state index < -0.39 is 17.4 Å². The van der Waals surface area contributed by atoms with Gasteiger partial charge in [0.15, 0.2) is 17.4 Å². The summed E-state index contributed by atoms with van der Waals surface area (Å²) < 4.78 is 26.0. The van der Waals surface area contributed by atoms with Crippen LogP contribution in [0.25, 0.3) is 11.1 Å². The van der Waals surface area contributed by atoms with E-state index in [9.17, 15) is 13.9 Å². The van der Waals surface area contributed by atoms with Crippen molar-refractivity contribution >= 4 is 23.2 Å². The predicted octanol–water partition coefficient (Wildman–Crippen LogP) is 4.64. The summed E-state index contributed by atoms with van der Waals surface area (Å²) in [6, 6.07) is 6.75. The minimum Gasteiger partial charge on any atom is -0.505 e. The predicted molar refractivity (Wildman–Crippen MR) is 63.5 cm³/mol. The topological polar surface area (TPSA) is 20.2 Å². The van der Waals surface area contributed by atoms with Crippen LogP contribution in [0.15, 0.2) is 30.3 Å². The van der Waals surface area contributed by atoms with Crippen molar-refractivity contribution < 1.29 is 13.9 Å². The van der Waals surface area contributed by atoms with Crippen molar-refractivity contribution in [3.63, 3.8) is 0 Å². The summed E-state index contributed by atoms with van der Waals surface area (Å²) in [5.74, 6) is -3.13. The van der Waals surface area contributed by atoms with E-state index in [4.69, 9.17) is 23.2 Å². The highest BCUT2D eigenvalue weighted by Gasteiger charge is 2.11. The van der Waals surface area contributed by atoms with Gasteiger partial charge >= 0.3 is 0 Å². The van der Waals surface area contributed by atoms with E-state index in [0.29, 0.717) is 21.2 Å². The van der Waals surface area contributed by atoms with Crippen LogP contribution < -0.4 is 0 Å². The fourth-order valence-corrected chi connectivity index (χ4v) is 1.72. The fraction of sp³-hybridized carbons (Fsp3) is 0. The SMILES string of the molecule is Oc1cc(-c2ccc(Cl)c(Cl)c2)cc(F)c1F. The molecule has 88 valence electrons. The molecular weight excluding hydrogens is 269 g/mol. The Morgan fingerprint density at radius 2 is 1.59 bits per heavy atom. The van der Waals surface area contributed by atoms with Gasteiger partial charge in [0.2, 0.25) is 0 Å². The second-order valence-corrected chi connectivity index (χ2v) is 4.23. The number of rotatable bonds is 1. The zero-order chi connectivity index (χ0) is 12.6. The first-order chi connectivity index (χ1) is 7.99. The minimum atomic E-state index is -1.27. The lowest BCUT2D eigenvalue weighted by atomic mass is 10.1. The molecule has 0 radical (unpaired) electrons. The van der Waals surface area contributed by atoms with Gasteiger partial charge in [-0.15, -0.1) is 0 Å². The van der Waals surface area contributed by atoms with Gasteiger partial charge in [-0.05, 0) is 35.4 Å². The Labute approximate surface area is 106 Å². The maximum absolute atomic E-state index is 13.1. The van der Waals surface area contributed by atoms with Crippen molar-refractivity contribution in [2.24, 2.45) is 0 Å². The molecule has 0 saturated carbocycles. The van der Waals surface area contributed by atoms with Crippen LogP contribution in [0.1, 0.15) is 0 Å². The van der Waals surface area contributed by atoms with Gasteiger partial charge in [-0.1, -0.05) is 29.3 Å². The number of hydrogen-bond acceptors (Lipinski definition) is 1. The Kier molecular flexibility index (Phi) is 3.22. The lowest BCUT2D eigenvalue weighted by Crippen LogP contribution is -1.87. The van der Waals surface area contributed by atoms with Crippen molar-refractivity contribution in [1.29, 1.82) is 0 Å². The summed E-state index contributed by atoms with van der Waals surface area (Å²) in [7, 11) is 0. The van der Waals surface area contributed by atoms with Crippen molar-refractivity contribution in [3.05, 3.63) is 52.0 Å². The average Bonchev–Trinajstić information content (AvgIpc) is 2.29. The van der Waals surface area contributed by atoms with E-state index >= 15 is 0 Å². The summed E-state index contributed by atoms with van der Waals surface area (Å²) in [5, 5.41) is 9.85. The number of hydrogen-bond donors (Lipinski definition) is 1. The fourth-order valence-electron chi connectivity index (χ4n) is 1.42. The summed E-state index contributed by atoms with van der Waals surface area (Å²) in [4.78, 5) is 0. The monoisotopic (exact) mass is 274 g/mol. The number of phenolic OH excluding ortho intramolecular Hbond substituents is 1. The van der Waals surface area contributed by atoms with Crippen LogP contribution in [0.3, 0.4) is 0 Å². The summed E-state index contributed by atoms with van der Waals surface area (Å²) >= 11 is 11.6. The Balaban J connectivity index is 2.57. The highest BCUT2D eigenvalue weighted by Crippen LogP contribution is 2.31. The molecule has 0 fully saturated rings.